The Hall–Kier alpha value is -1.06. The van der Waals surface area contributed by atoms with E-state index >= 15 is 0 Å². The summed E-state index contributed by atoms with van der Waals surface area (Å²) in [5.74, 6) is 0.230. The Morgan fingerprint density at radius 1 is 0.810 bits per heavy atom. The fraction of sp³-hybridized carbons (Fsp3) is 0.882. The summed E-state index contributed by atoms with van der Waals surface area (Å²) < 4.78 is 10.2. The van der Waals surface area contributed by atoms with Crippen molar-refractivity contribution in [3.63, 3.8) is 0 Å². The second-order valence-electron chi connectivity index (χ2n) is 5.89. The normalized spacial score (nSPS) is 10.7. The molecule has 0 radical (unpaired) electrons. The summed E-state index contributed by atoms with van der Waals surface area (Å²) in [6.45, 7) is 7.37. The Balaban J connectivity index is 3.36. The zero-order valence-corrected chi connectivity index (χ0v) is 14.0. The minimum Gasteiger partial charge on any atom is -0.466 e. The molecular formula is C17H32O4. The molecule has 0 aromatic rings. The van der Waals surface area contributed by atoms with Crippen molar-refractivity contribution >= 4 is 11.9 Å². The number of esters is 2. The van der Waals surface area contributed by atoms with Crippen LogP contribution >= 0.6 is 0 Å². The van der Waals surface area contributed by atoms with Crippen LogP contribution < -0.4 is 0 Å². The molecule has 4 heteroatoms. The van der Waals surface area contributed by atoms with Crippen LogP contribution in [0.1, 0.15) is 78.6 Å². The van der Waals surface area contributed by atoms with Crippen LogP contribution in [0.4, 0.5) is 0 Å². The fourth-order valence-electron chi connectivity index (χ4n) is 1.81. The molecule has 0 aliphatic rings. The van der Waals surface area contributed by atoms with E-state index in [2.05, 4.69) is 20.8 Å². The van der Waals surface area contributed by atoms with Crippen molar-refractivity contribution in [1.82, 2.24) is 0 Å². The number of rotatable bonds is 13. The van der Waals surface area contributed by atoms with Crippen molar-refractivity contribution in [2.45, 2.75) is 78.6 Å². The van der Waals surface area contributed by atoms with Crippen LogP contribution in [-0.2, 0) is 19.1 Å². The number of hydrogen-bond donors (Lipinski definition) is 0. The first-order valence-corrected chi connectivity index (χ1v) is 8.37. The number of unbranched alkanes of at least 4 members (excludes halogenated alkanes) is 4. The Bertz CT molecular complexity index is 274. The maximum Gasteiger partial charge on any atom is 0.305 e. The molecule has 0 aromatic heterocycles. The molecule has 0 aliphatic carbocycles. The van der Waals surface area contributed by atoms with Gasteiger partial charge in [0.1, 0.15) is 0 Å². The summed E-state index contributed by atoms with van der Waals surface area (Å²) in [7, 11) is 0. The Morgan fingerprint density at radius 2 is 1.38 bits per heavy atom. The molecule has 0 saturated heterocycles. The molecule has 0 atom stereocenters. The molecule has 0 saturated carbocycles. The minimum atomic E-state index is -0.163. The summed E-state index contributed by atoms with van der Waals surface area (Å²) in [5.41, 5.74) is 0. The standard InChI is InChI=1S/C17H32O4/c1-4-5-6-9-13-20-16(18)10-7-8-11-17(19)21-14-12-15(2)3/h15H,4-14H2,1-3H3. The highest BCUT2D eigenvalue weighted by Crippen LogP contribution is 2.06. The second-order valence-corrected chi connectivity index (χ2v) is 5.89. The molecule has 4 nitrogen and oxygen atoms in total. The van der Waals surface area contributed by atoms with Crippen LogP contribution in [0.3, 0.4) is 0 Å². The third-order valence-corrected chi connectivity index (χ3v) is 3.23. The van der Waals surface area contributed by atoms with Crippen molar-refractivity contribution in [1.29, 1.82) is 0 Å². The molecule has 0 N–H and O–H groups in total. The van der Waals surface area contributed by atoms with Crippen LogP contribution in [0, 0.1) is 5.92 Å². The largest absolute Gasteiger partial charge is 0.466 e. The van der Waals surface area contributed by atoms with Gasteiger partial charge in [-0.2, -0.15) is 0 Å². The van der Waals surface area contributed by atoms with Crippen LogP contribution in [-0.4, -0.2) is 25.2 Å². The first kappa shape index (κ1) is 19.9. The van der Waals surface area contributed by atoms with E-state index in [0.29, 0.717) is 44.8 Å². The lowest BCUT2D eigenvalue weighted by atomic mass is 10.1. The van der Waals surface area contributed by atoms with E-state index in [-0.39, 0.29) is 11.9 Å². The first-order chi connectivity index (χ1) is 10.1. The molecule has 0 unspecified atom stereocenters. The minimum absolute atomic E-state index is 0.153. The van der Waals surface area contributed by atoms with Gasteiger partial charge < -0.3 is 9.47 Å². The summed E-state index contributed by atoms with van der Waals surface area (Å²) in [6.07, 6.45) is 7.50. The highest BCUT2D eigenvalue weighted by Gasteiger charge is 2.06. The highest BCUT2D eigenvalue weighted by atomic mass is 16.5. The van der Waals surface area contributed by atoms with Gasteiger partial charge in [-0.15, -0.1) is 0 Å². The van der Waals surface area contributed by atoms with Crippen LogP contribution in [0.25, 0.3) is 0 Å². The maximum absolute atomic E-state index is 11.4. The summed E-state index contributed by atoms with van der Waals surface area (Å²) in [5, 5.41) is 0. The molecule has 0 aromatic carbocycles. The average molecular weight is 300 g/mol. The number of ether oxygens (including phenoxy) is 2. The van der Waals surface area contributed by atoms with Crippen LogP contribution in [0.5, 0.6) is 0 Å². The lowest BCUT2D eigenvalue weighted by Crippen LogP contribution is -2.08. The Morgan fingerprint density at radius 3 is 1.90 bits per heavy atom. The van der Waals surface area contributed by atoms with E-state index in [1.807, 2.05) is 0 Å². The van der Waals surface area contributed by atoms with E-state index < -0.39 is 0 Å². The summed E-state index contributed by atoms with van der Waals surface area (Å²) >= 11 is 0. The molecule has 0 spiro atoms. The number of carbonyl (C=O) groups is 2. The SMILES string of the molecule is CCCCCCOC(=O)CCCCC(=O)OCCC(C)C. The van der Waals surface area contributed by atoms with E-state index in [4.69, 9.17) is 9.47 Å². The molecule has 21 heavy (non-hydrogen) atoms. The third kappa shape index (κ3) is 15.2. The van der Waals surface area contributed by atoms with Gasteiger partial charge in [-0.1, -0.05) is 40.0 Å². The molecular weight excluding hydrogens is 268 g/mol. The highest BCUT2D eigenvalue weighted by molar-refractivity contribution is 5.70. The Kier molecular flexibility index (Phi) is 13.2. The molecule has 0 rings (SSSR count). The smallest absolute Gasteiger partial charge is 0.305 e. The Labute approximate surface area is 129 Å². The van der Waals surface area contributed by atoms with E-state index in [1.54, 1.807) is 0 Å². The van der Waals surface area contributed by atoms with Crippen molar-refractivity contribution < 1.29 is 19.1 Å². The van der Waals surface area contributed by atoms with Gasteiger partial charge in [-0.05, 0) is 31.6 Å². The van der Waals surface area contributed by atoms with Gasteiger partial charge in [-0.25, -0.2) is 0 Å². The second kappa shape index (κ2) is 13.9. The van der Waals surface area contributed by atoms with Gasteiger partial charge in [0.25, 0.3) is 0 Å². The van der Waals surface area contributed by atoms with E-state index in [1.165, 1.54) is 12.8 Å². The zero-order chi connectivity index (χ0) is 15.9. The average Bonchev–Trinajstić information content (AvgIpc) is 2.43. The first-order valence-electron chi connectivity index (χ1n) is 8.37. The van der Waals surface area contributed by atoms with E-state index in [0.717, 1.165) is 19.3 Å². The quantitative estimate of drug-likeness (QED) is 0.377. The maximum atomic E-state index is 11.4. The van der Waals surface area contributed by atoms with Gasteiger partial charge in [-0.3, -0.25) is 9.59 Å². The predicted octanol–water partition coefficient (Wildman–Crippen LogP) is 4.26. The van der Waals surface area contributed by atoms with Crippen molar-refractivity contribution in [2.75, 3.05) is 13.2 Å². The molecule has 0 fully saturated rings. The van der Waals surface area contributed by atoms with Gasteiger partial charge >= 0.3 is 11.9 Å². The molecule has 0 heterocycles. The van der Waals surface area contributed by atoms with Gasteiger partial charge in [0, 0.05) is 12.8 Å². The molecule has 0 aliphatic heterocycles. The van der Waals surface area contributed by atoms with Gasteiger partial charge in [0.15, 0.2) is 0 Å². The molecule has 0 bridgehead atoms. The van der Waals surface area contributed by atoms with E-state index in [9.17, 15) is 9.59 Å². The lowest BCUT2D eigenvalue weighted by Gasteiger charge is -2.07. The van der Waals surface area contributed by atoms with Crippen molar-refractivity contribution in [2.24, 2.45) is 5.92 Å². The van der Waals surface area contributed by atoms with Gasteiger partial charge in [0.2, 0.25) is 0 Å². The summed E-state index contributed by atoms with van der Waals surface area (Å²) in [6, 6.07) is 0. The topological polar surface area (TPSA) is 52.6 Å². The van der Waals surface area contributed by atoms with Crippen LogP contribution in [0.2, 0.25) is 0 Å². The zero-order valence-electron chi connectivity index (χ0n) is 14.0. The summed E-state index contributed by atoms with van der Waals surface area (Å²) in [4.78, 5) is 22.8. The van der Waals surface area contributed by atoms with Gasteiger partial charge in [0.05, 0.1) is 13.2 Å². The molecule has 124 valence electrons. The molecule has 0 amide bonds. The monoisotopic (exact) mass is 300 g/mol. The predicted molar refractivity (Wildman–Crippen MR) is 84.0 cm³/mol. The van der Waals surface area contributed by atoms with Crippen molar-refractivity contribution in [3.05, 3.63) is 0 Å². The third-order valence-electron chi connectivity index (χ3n) is 3.23. The number of carbonyl (C=O) groups excluding carboxylic acids is 2. The van der Waals surface area contributed by atoms with Crippen molar-refractivity contribution in [3.8, 4) is 0 Å². The number of hydrogen-bond acceptors (Lipinski definition) is 4. The fourth-order valence-corrected chi connectivity index (χ4v) is 1.81. The lowest BCUT2D eigenvalue weighted by molar-refractivity contribution is -0.146. The van der Waals surface area contributed by atoms with Crippen LogP contribution in [0.15, 0.2) is 0 Å².